The van der Waals surface area contributed by atoms with Crippen molar-refractivity contribution in [2.24, 2.45) is 0 Å². The van der Waals surface area contributed by atoms with Gasteiger partial charge in [-0.15, -0.1) is 0 Å². The van der Waals surface area contributed by atoms with Crippen molar-refractivity contribution in [1.29, 1.82) is 0 Å². The van der Waals surface area contributed by atoms with Gasteiger partial charge in [0, 0.05) is 31.5 Å². The van der Waals surface area contributed by atoms with Crippen LogP contribution in [0.4, 0.5) is 0 Å². The molecule has 11 heteroatoms. The first-order valence-electron chi connectivity index (χ1n) is 10.8. The van der Waals surface area contributed by atoms with Crippen LogP contribution in [0.1, 0.15) is 17.9 Å². The Labute approximate surface area is 205 Å². The van der Waals surface area contributed by atoms with E-state index in [0.717, 1.165) is 17.7 Å². The third-order valence-electron chi connectivity index (χ3n) is 5.00. The van der Waals surface area contributed by atoms with Crippen molar-refractivity contribution in [1.82, 2.24) is 15.1 Å². The van der Waals surface area contributed by atoms with Gasteiger partial charge >= 0.3 is 5.76 Å². The molecule has 2 aromatic carbocycles. The number of nitrogens with one attached hydrogen (secondary N) is 1. The highest BCUT2D eigenvalue weighted by molar-refractivity contribution is 6.33. The molecule has 0 fully saturated rings. The number of oxazole rings is 1. The van der Waals surface area contributed by atoms with E-state index in [2.05, 4.69) is 19.6 Å². The molecule has 35 heavy (non-hydrogen) atoms. The average molecular weight is 502 g/mol. The lowest BCUT2D eigenvalue weighted by atomic mass is 10.2. The van der Waals surface area contributed by atoms with Crippen molar-refractivity contribution in [3.05, 3.63) is 69.5 Å². The van der Waals surface area contributed by atoms with Gasteiger partial charge in [0.05, 0.1) is 18.7 Å². The van der Waals surface area contributed by atoms with Gasteiger partial charge in [-0.05, 0) is 48.9 Å². The molecule has 10 nitrogen and oxygen atoms in total. The first-order chi connectivity index (χ1) is 17.1. The summed E-state index contributed by atoms with van der Waals surface area (Å²) in [6.45, 7) is 1.52. The maximum absolute atomic E-state index is 11.2. The Morgan fingerprint density at radius 3 is 2.51 bits per heavy atom. The van der Waals surface area contributed by atoms with Crippen LogP contribution in [0.2, 0.25) is 5.02 Å². The summed E-state index contributed by atoms with van der Waals surface area (Å²) in [5.41, 5.74) is 1.94. The standard InChI is InChI=1S/C24H24ClN3O7/c1-30-10-3-11-32-13-20-21(34-23(26-20)15-4-6-16(31-2)7-5-15)14-33-17-8-9-18(19(25)12-17)22-27-24(29)35-28-22/h4-9,12H,3,10-11,13-14H2,1-2H3,(H,27,28,29). The zero-order chi connectivity index (χ0) is 24.6. The number of halogens is 1. The van der Waals surface area contributed by atoms with E-state index in [1.54, 1.807) is 32.4 Å². The van der Waals surface area contributed by atoms with Crippen LogP contribution in [-0.2, 0) is 22.7 Å². The van der Waals surface area contributed by atoms with Crippen molar-refractivity contribution >= 4 is 11.6 Å². The third kappa shape index (κ3) is 6.30. The van der Waals surface area contributed by atoms with E-state index in [1.807, 2.05) is 24.3 Å². The molecule has 0 aliphatic rings. The predicted molar refractivity (Wildman–Crippen MR) is 127 cm³/mol. The second-order valence-corrected chi connectivity index (χ2v) is 7.80. The number of rotatable bonds is 12. The minimum absolute atomic E-state index is 0.108. The van der Waals surface area contributed by atoms with Gasteiger partial charge in [0.1, 0.15) is 23.8 Å². The topological polar surface area (TPSA) is 122 Å². The number of benzene rings is 2. The Balaban J connectivity index is 1.49. The molecule has 0 aliphatic heterocycles. The number of aromatic amines is 1. The molecule has 0 saturated carbocycles. The van der Waals surface area contributed by atoms with Crippen LogP contribution in [0.15, 0.2) is 56.2 Å². The minimum atomic E-state index is -0.661. The predicted octanol–water partition coefficient (Wildman–Crippen LogP) is 4.48. The summed E-state index contributed by atoms with van der Waals surface area (Å²) in [6.07, 6.45) is 0.771. The summed E-state index contributed by atoms with van der Waals surface area (Å²) in [6, 6.07) is 12.4. The van der Waals surface area contributed by atoms with Crippen LogP contribution in [0.5, 0.6) is 11.5 Å². The maximum Gasteiger partial charge on any atom is 0.439 e. The van der Waals surface area contributed by atoms with E-state index in [-0.39, 0.29) is 19.0 Å². The second kappa shape index (κ2) is 11.7. The third-order valence-corrected chi connectivity index (χ3v) is 5.31. The Hall–Kier alpha value is -3.60. The monoisotopic (exact) mass is 501 g/mol. The molecule has 0 atom stereocenters. The van der Waals surface area contributed by atoms with E-state index >= 15 is 0 Å². The Bertz CT molecular complexity index is 1300. The first-order valence-corrected chi connectivity index (χ1v) is 11.1. The normalized spacial score (nSPS) is 11.1. The highest BCUT2D eigenvalue weighted by Crippen LogP contribution is 2.30. The molecule has 0 spiro atoms. The zero-order valence-electron chi connectivity index (χ0n) is 19.2. The van der Waals surface area contributed by atoms with Gasteiger partial charge in [0.2, 0.25) is 5.89 Å². The number of methoxy groups -OCH3 is 2. The molecule has 0 saturated heterocycles. The number of hydrogen-bond donors (Lipinski definition) is 1. The fourth-order valence-electron chi connectivity index (χ4n) is 3.21. The van der Waals surface area contributed by atoms with Crippen LogP contribution in [0.3, 0.4) is 0 Å². The van der Waals surface area contributed by atoms with E-state index in [1.165, 1.54) is 0 Å². The average Bonchev–Trinajstić information content (AvgIpc) is 3.49. The minimum Gasteiger partial charge on any atom is -0.497 e. The van der Waals surface area contributed by atoms with Gasteiger partial charge in [-0.3, -0.25) is 9.51 Å². The van der Waals surface area contributed by atoms with E-state index in [4.69, 9.17) is 35.0 Å². The maximum atomic E-state index is 11.2. The van der Waals surface area contributed by atoms with Crippen LogP contribution < -0.4 is 15.2 Å². The molecule has 0 amide bonds. The fraction of sp³-hybridized carbons (Fsp3) is 0.292. The Morgan fingerprint density at radius 2 is 1.83 bits per heavy atom. The van der Waals surface area contributed by atoms with Crippen LogP contribution in [0.25, 0.3) is 22.8 Å². The Kier molecular flexibility index (Phi) is 8.19. The van der Waals surface area contributed by atoms with Crippen LogP contribution in [-0.4, -0.2) is 42.6 Å². The smallest absolute Gasteiger partial charge is 0.439 e. The number of nitrogens with zero attached hydrogens (tertiary/aromatic N) is 2. The summed E-state index contributed by atoms with van der Waals surface area (Å²) in [4.78, 5) is 18.3. The fourth-order valence-corrected chi connectivity index (χ4v) is 3.47. The van der Waals surface area contributed by atoms with Crippen molar-refractivity contribution in [3.8, 4) is 34.3 Å². The molecule has 184 valence electrons. The zero-order valence-corrected chi connectivity index (χ0v) is 20.0. The van der Waals surface area contributed by atoms with Crippen molar-refractivity contribution in [2.45, 2.75) is 19.6 Å². The van der Waals surface area contributed by atoms with E-state index in [9.17, 15) is 4.79 Å². The lowest BCUT2D eigenvalue weighted by Gasteiger charge is -2.08. The molecular formula is C24H24ClN3O7. The molecule has 1 N–H and O–H groups in total. The van der Waals surface area contributed by atoms with Gasteiger partial charge < -0.3 is 23.4 Å². The van der Waals surface area contributed by atoms with Crippen molar-refractivity contribution < 1.29 is 27.9 Å². The van der Waals surface area contributed by atoms with Gasteiger partial charge in [0.15, 0.2) is 11.6 Å². The van der Waals surface area contributed by atoms with Crippen LogP contribution in [0, 0.1) is 0 Å². The van der Waals surface area contributed by atoms with Gasteiger partial charge in [0.25, 0.3) is 0 Å². The second-order valence-electron chi connectivity index (χ2n) is 7.39. The lowest BCUT2D eigenvalue weighted by Crippen LogP contribution is -2.03. The summed E-state index contributed by atoms with van der Waals surface area (Å²) >= 11 is 6.35. The summed E-state index contributed by atoms with van der Waals surface area (Å²) < 4.78 is 32.5. The van der Waals surface area contributed by atoms with E-state index in [0.29, 0.717) is 46.9 Å². The highest BCUT2D eigenvalue weighted by Gasteiger charge is 2.17. The highest BCUT2D eigenvalue weighted by atomic mass is 35.5. The Morgan fingerprint density at radius 1 is 1.03 bits per heavy atom. The molecule has 0 unspecified atom stereocenters. The van der Waals surface area contributed by atoms with Crippen molar-refractivity contribution in [2.75, 3.05) is 27.4 Å². The number of ether oxygens (including phenoxy) is 4. The molecule has 0 bridgehead atoms. The largest absolute Gasteiger partial charge is 0.497 e. The van der Waals surface area contributed by atoms with Crippen LogP contribution >= 0.6 is 11.6 Å². The summed E-state index contributed by atoms with van der Waals surface area (Å²) in [5, 5.41) is 3.99. The van der Waals surface area contributed by atoms with Crippen molar-refractivity contribution in [3.63, 3.8) is 0 Å². The number of hydrogen-bond acceptors (Lipinski definition) is 9. The SMILES string of the molecule is COCCCOCc1nc(-c2ccc(OC)cc2)oc1COc1ccc(-c2noc(=O)[nH]2)c(Cl)c1. The molecule has 2 heterocycles. The van der Waals surface area contributed by atoms with E-state index < -0.39 is 5.76 Å². The molecule has 0 radical (unpaired) electrons. The first kappa shape index (κ1) is 24.5. The van der Waals surface area contributed by atoms with Gasteiger partial charge in [-0.1, -0.05) is 16.8 Å². The lowest BCUT2D eigenvalue weighted by molar-refractivity contribution is 0.0896. The number of H-pyrrole nitrogens is 1. The molecule has 4 rings (SSSR count). The molecular weight excluding hydrogens is 478 g/mol. The summed E-state index contributed by atoms with van der Waals surface area (Å²) in [5.74, 6) is 1.79. The molecule has 0 aliphatic carbocycles. The summed E-state index contributed by atoms with van der Waals surface area (Å²) in [7, 11) is 3.26. The number of aromatic nitrogens is 3. The molecule has 2 aromatic heterocycles. The van der Waals surface area contributed by atoms with Gasteiger partial charge in [-0.25, -0.2) is 9.78 Å². The molecule has 4 aromatic rings. The van der Waals surface area contributed by atoms with Gasteiger partial charge in [-0.2, -0.15) is 0 Å². The quantitative estimate of drug-likeness (QED) is 0.280.